The third kappa shape index (κ3) is 23.0. The second kappa shape index (κ2) is 42.3. The van der Waals surface area contributed by atoms with E-state index in [0.29, 0.717) is 76.0 Å². The Balaban J connectivity index is 0.000000224. The number of carboxylic acid groups (broad SMARTS) is 1. The molecular formula is C109H125N4O15S3-. The summed E-state index contributed by atoms with van der Waals surface area (Å²) >= 11 is 0. The lowest BCUT2D eigenvalue weighted by Gasteiger charge is -2.31. The van der Waals surface area contributed by atoms with E-state index in [0.717, 1.165) is 140 Å². The van der Waals surface area contributed by atoms with Gasteiger partial charge in [-0.05, 0) is 250 Å². The van der Waals surface area contributed by atoms with E-state index in [1.807, 2.05) is 12.1 Å². The predicted octanol–water partition coefficient (Wildman–Crippen LogP) is 23.2. The molecule has 4 heterocycles. The number of nitrogens with zero attached hydrogens (tertiary/aromatic N) is 4. The van der Waals surface area contributed by atoms with E-state index < -0.39 is 52.9 Å². The van der Waals surface area contributed by atoms with Crippen LogP contribution in [0.2, 0.25) is 0 Å². The van der Waals surface area contributed by atoms with Crippen molar-refractivity contribution in [3.05, 3.63) is 287 Å². The number of carbonyl (C=O) groups excluding carboxylic acids is 2. The third-order valence-electron chi connectivity index (χ3n) is 26.8. The van der Waals surface area contributed by atoms with Crippen LogP contribution in [0.3, 0.4) is 0 Å². The maximum absolute atomic E-state index is 11.9. The Bertz CT molecular complexity index is 6500. The Morgan fingerprint density at radius 3 is 1.47 bits per heavy atom. The molecule has 0 saturated carbocycles. The molecule has 9 aromatic carbocycles. The largest absolute Gasteiger partial charge is 0.748 e. The van der Waals surface area contributed by atoms with Crippen LogP contribution in [0.25, 0.3) is 43.1 Å². The summed E-state index contributed by atoms with van der Waals surface area (Å²) in [4.78, 5) is 39.0. The molecule has 9 aromatic rings. The zero-order valence-corrected chi connectivity index (χ0v) is 79.8. The van der Waals surface area contributed by atoms with Gasteiger partial charge in [0.1, 0.15) is 40.5 Å². The van der Waals surface area contributed by atoms with E-state index in [2.05, 4.69) is 275 Å². The van der Waals surface area contributed by atoms with Crippen LogP contribution in [-0.4, -0.2) is 127 Å². The lowest BCUT2D eigenvalue weighted by Crippen LogP contribution is -2.29. The van der Waals surface area contributed by atoms with E-state index in [4.69, 9.17) is 14.6 Å². The molecular weight excluding hydrogens is 1700 g/mol. The highest BCUT2D eigenvalue weighted by molar-refractivity contribution is 7.86. The SMILES string of the molecule is CC(=O)CCCCC[N+]1=C(C=CC=CC=CC=C2N(CCCCS(=O)(=O)[O-])c3ccc4ccccc4c3C2(C)CCCCCCCC(=O)O)C(C)(C)c2c1ccc1ccccc21.COC(=O)CCCCCN1/C(=C\C=C2/CC(C)CC(/C=C/C3=[N+](CCCCS(=O)(=O)[O-])c4ccc5ccccc5c4C3(C)C)=C2Oc2ccc(S(=O)(=O)[O-])cc2)C(C)(C)c2c1ccc1ccccc21. The molecule has 4 aliphatic heterocycles. The molecule has 19 nitrogen and oxygen atoms in total. The topological polar surface area (TPSA) is 274 Å². The zero-order valence-electron chi connectivity index (χ0n) is 77.4. The first-order valence-corrected chi connectivity index (χ1v) is 50.9. The molecule has 5 aliphatic rings. The third-order valence-corrected chi connectivity index (χ3v) is 29.2. The van der Waals surface area contributed by atoms with Crippen LogP contribution in [-0.2, 0) is 71.1 Å². The Morgan fingerprint density at radius 2 is 0.916 bits per heavy atom. The van der Waals surface area contributed by atoms with Crippen LogP contribution in [0.4, 0.5) is 22.7 Å². The van der Waals surface area contributed by atoms with Gasteiger partial charge in [-0.1, -0.05) is 199 Å². The van der Waals surface area contributed by atoms with E-state index in [-0.39, 0.29) is 52.0 Å². The Morgan fingerprint density at radius 1 is 0.458 bits per heavy atom. The van der Waals surface area contributed by atoms with Crippen LogP contribution in [0.5, 0.6) is 5.75 Å². The summed E-state index contributed by atoms with van der Waals surface area (Å²) in [7, 11) is -11.9. The number of hydrogen-bond acceptors (Lipinski definition) is 16. The molecule has 0 aromatic heterocycles. The Hall–Kier alpha value is -11.0. The van der Waals surface area contributed by atoms with Crippen LogP contribution in [0.15, 0.2) is 270 Å². The van der Waals surface area contributed by atoms with Gasteiger partial charge in [0.25, 0.3) is 0 Å². The molecule has 22 heteroatoms. The molecule has 131 heavy (non-hydrogen) atoms. The van der Waals surface area contributed by atoms with Gasteiger partial charge in [0.2, 0.25) is 11.4 Å². The molecule has 0 amide bonds. The van der Waals surface area contributed by atoms with Crippen molar-refractivity contribution in [3.63, 3.8) is 0 Å². The number of methoxy groups -OCH3 is 1. The van der Waals surface area contributed by atoms with Gasteiger partial charge in [0, 0.05) is 126 Å². The molecule has 690 valence electrons. The molecule has 0 fully saturated rings. The number of ketones is 1. The average Bonchev–Trinajstić information content (AvgIpc) is 1.59. The first-order chi connectivity index (χ1) is 62.5. The van der Waals surface area contributed by atoms with Gasteiger partial charge >= 0.3 is 11.9 Å². The first kappa shape index (κ1) is 97.5. The van der Waals surface area contributed by atoms with E-state index in [9.17, 15) is 53.3 Å². The second-order valence-electron chi connectivity index (χ2n) is 37.5. The predicted molar refractivity (Wildman–Crippen MR) is 525 cm³/mol. The quantitative estimate of drug-likeness (QED) is 0.0123. The fourth-order valence-corrected chi connectivity index (χ4v) is 22.1. The van der Waals surface area contributed by atoms with E-state index in [1.54, 1.807) is 6.92 Å². The van der Waals surface area contributed by atoms with Gasteiger partial charge in [-0.25, -0.2) is 25.3 Å². The van der Waals surface area contributed by atoms with E-state index in [1.165, 1.54) is 97.3 Å². The number of aliphatic carboxylic acids is 1. The van der Waals surface area contributed by atoms with Crippen molar-refractivity contribution in [2.24, 2.45) is 5.92 Å². The van der Waals surface area contributed by atoms with Gasteiger partial charge in [0.05, 0.1) is 43.1 Å². The number of hydrogen-bond donors (Lipinski definition) is 1. The number of ether oxygens (including phenoxy) is 2. The first-order valence-electron chi connectivity index (χ1n) is 46.4. The lowest BCUT2D eigenvalue weighted by atomic mass is 9.75. The fourth-order valence-electron chi connectivity index (χ4n) is 20.5. The van der Waals surface area contributed by atoms with Crippen LogP contribution in [0.1, 0.15) is 219 Å². The van der Waals surface area contributed by atoms with Crippen molar-refractivity contribution >= 4 is 125 Å². The number of esters is 1. The number of anilines is 2. The summed E-state index contributed by atoms with van der Waals surface area (Å²) in [5, 5.41) is 18.6. The highest BCUT2D eigenvalue weighted by atomic mass is 32.2. The second-order valence-corrected chi connectivity index (χ2v) is 41.9. The summed E-state index contributed by atoms with van der Waals surface area (Å²) in [6, 6.07) is 56.9. The maximum Gasteiger partial charge on any atom is 0.305 e. The van der Waals surface area contributed by atoms with Crippen molar-refractivity contribution in [2.75, 3.05) is 54.6 Å². The number of Topliss-reactive ketones (excluding diaryl/α,β-unsaturated/α-hetero) is 1. The number of rotatable bonds is 40. The molecule has 1 N–H and O–H groups in total. The number of carboxylic acids is 1. The summed E-state index contributed by atoms with van der Waals surface area (Å²) in [6.45, 7) is 22.5. The minimum atomic E-state index is -4.68. The number of unbranched alkanes of at least 4 members (excludes halogenated alkanes) is 10. The minimum absolute atomic E-state index is 0.203. The zero-order chi connectivity index (χ0) is 93.6. The monoisotopic (exact) mass is 1830 g/mol. The maximum atomic E-state index is 11.9. The van der Waals surface area contributed by atoms with Gasteiger partial charge in [-0.3, -0.25) is 9.59 Å². The molecule has 0 bridgehead atoms. The Kier molecular flexibility index (Phi) is 31.5. The van der Waals surface area contributed by atoms with Gasteiger partial charge in [-0.2, -0.15) is 9.15 Å². The summed E-state index contributed by atoms with van der Waals surface area (Å²) < 4.78 is 121. The molecule has 0 radical (unpaired) electrons. The number of benzene rings is 9. The molecule has 1 aliphatic carbocycles. The summed E-state index contributed by atoms with van der Waals surface area (Å²) in [5.41, 5.74) is 14.6. The normalized spacial score (nSPS) is 18.6. The smallest absolute Gasteiger partial charge is 0.305 e. The number of carbonyl (C=O) groups is 3. The minimum Gasteiger partial charge on any atom is -0.748 e. The van der Waals surface area contributed by atoms with Gasteiger partial charge in [-0.15, -0.1) is 0 Å². The van der Waals surface area contributed by atoms with Crippen LogP contribution >= 0.6 is 0 Å². The highest BCUT2D eigenvalue weighted by Gasteiger charge is 2.49. The van der Waals surface area contributed by atoms with Crippen molar-refractivity contribution in [3.8, 4) is 5.75 Å². The molecule has 2 unspecified atom stereocenters. The molecule has 0 saturated heterocycles. The van der Waals surface area contributed by atoms with Crippen molar-refractivity contribution in [2.45, 2.75) is 224 Å². The van der Waals surface area contributed by atoms with Crippen molar-refractivity contribution in [1.82, 2.24) is 0 Å². The fraction of sp³-hybridized carbons (Fsp3) is 0.385. The molecule has 0 spiro atoms. The summed E-state index contributed by atoms with van der Waals surface area (Å²) in [5.74, 6) is -0.274. The van der Waals surface area contributed by atoms with Crippen molar-refractivity contribution < 1.29 is 77.0 Å². The van der Waals surface area contributed by atoms with Crippen LogP contribution < -0.4 is 14.5 Å². The average molecular weight is 1830 g/mol. The number of fused-ring (bicyclic) bond motifs is 12. The summed E-state index contributed by atoms with van der Waals surface area (Å²) in [6.07, 6.45) is 38.5. The molecule has 14 rings (SSSR count). The highest BCUT2D eigenvalue weighted by Crippen LogP contribution is 2.56. The van der Waals surface area contributed by atoms with E-state index >= 15 is 0 Å². The number of allylic oxidation sites excluding steroid dienone is 15. The van der Waals surface area contributed by atoms with Crippen molar-refractivity contribution in [1.29, 1.82) is 0 Å². The Labute approximate surface area is 774 Å². The van der Waals surface area contributed by atoms with Crippen LogP contribution in [0, 0.1) is 5.92 Å². The lowest BCUT2D eigenvalue weighted by molar-refractivity contribution is -0.438. The van der Waals surface area contributed by atoms with Gasteiger partial charge in [0.15, 0.2) is 11.4 Å². The standard InChI is InChI=1S/C56H62N2O9S2.C53H64N2O6S/c1-38-36-41(23-31-49-55(2,3)52-45-18-11-9-16-39(45)21-29-47(52)57(49)33-13-7-8-20-51(59)66-6)54(67-43-25-27-44(28-26-43)69(63,64)65)42(37-38)24-32-50-56(4,5)53-46-19-12-10-17-40(46)22-30-48(53)58(50)34-14-15-35-68(60,61)62;1-40(56)24-12-11-21-37-54-45-34-32-41-25-16-18-27-43(41)50(45)52(2,3)47(54)29-13-7-5-8-14-30-48-53(4,36-20-10-6-9-15-31-49(57)58)51-44-28-19-17-26-42(44)33-35-46(51)55(48)38-22-23-39-62(59,60)61/h9-12,16-19,21-32,38H,7-8,13-15,20,33-37H2,1-6H3,(H-,60,61,62,63,64,65);5,7-8,13-14,16-19,25-30,32-35H,6,9-12,15,20-24,31,36-39H2,1-4H3,(H-,57,58,59,60,61)/p-1. The molecule has 2 atom stereocenters. The van der Waals surface area contributed by atoms with Gasteiger partial charge < -0.3 is 42.8 Å².